The summed E-state index contributed by atoms with van der Waals surface area (Å²) in [5, 5.41) is 0. The van der Waals surface area contributed by atoms with Crippen LogP contribution in [0.5, 0.6) is 0 Å². The van der Waals surface area contributed by atoms with Crippen molar-refractivity contribution in [2.75, 3.05) is 13.1 Å². The van der Waals surface area contributed by atoms with E-state index in [9.17, 15) is 4.79 Å². The molecule has 2 unspecified atom stereocenters. The van der Waals surface area contributed by atoms with Gasteiger partial charge in [0.1, 0.15) is 0 Å². The zero-order chi connectivity index (χ0) is 10.8. The molecule has 0 aromatic heterocycles. The molecule has 0 radical (unpaired) electrons. The average molecular weight is 274 g/mol. The maximum atomic E-state index is 12.2. The standard InChI is InChI=1S/C12H20BrNO/c1-9-6-7-14(8-11(9)13)12(15)10-4-2-3-5-10/h9-11H,2-8H2,1H3. The van der Waals surface area contributed by atoms with Crippen molar-refractivity contribution in [1.82, 2.24) is 4.90 Å². The highest BCUT2D eigenvalue weighted by Crippen LogP contribution is 2.29. The summed E-state index contributed by atoms with van der Waals surface area (Å²) in [7, 11) is 0. The minimum atomic E-state index is 0.345. The molecule has 0 N–H and O–H groups in total. The lowest BCUT2D eigenvalue weighted by Crippen LogP contribution is -2.45. The van der Waals surface area contributed by atoms with Crippen LogP contribution in [0.15, 0.2) is 0 Å². The van der Waals surface area contributed by atoms with Crippen LogP contribution in [0.4, 0.5) is 0 Å². The van der Waals surface area contributed by atoms with Crippen molar-refractivity contribution < 1.29 is 4.79 Å². The maximum absolute atomic E-state index is 12.2. The molecular weight excluding hydrogens is 254 g/mol. The Kier molecular flexibility index (Phi) is 3.70. The third-order valence-corrected chi connectivity index (χ3v) is 5.07. The fourth-order valence-corrected chi connectivity index (χ4v) is 3.27. The van der Waals surface area contributed by atoms with Gasteiger partial charge >= 0.3 is 0 Å². The Morgan fingerprint density at radius 1 is 1.27 bits per heavy atom. The van der Waals surface area contributed by atoms with E-state index in [1.54, 1.807) is 0 Å². The number of likely N-dealkylation sites (tertiary alicyclic amines) is 1. The van der Waals surface area contributed by atoms with Crippen molar-refractivity contribution in [3.63, 3.8) is 0 Å². The van der Waals surface area contributed by atoms with E-state index < -0.39 is 0 Å². The number of amides is 1. The van der Waals surface area contributed by atoms with Crippen molar-refractivity contribution in [3.8, 4) is 0 Å². The van der Waals surface area contributed by atoms with Crippen LogP contribution in [-0.2, 0) is 4.79 Å². The minimum Gasteiger partial charge on any atom is -0.341 e. The molecule has 0 aromatic rings. The number of halogens is 1. The van der Waals surface area contributed by atoms with Gasteiger partial charge in [0, 0.05) is 23.8 Å². The smallest absolute Gasteiger partial charge is 0.225 e. The van der Waals surface area contributed by atoms with Crippen LogP contribution in [0.25, 0.3) is 0 Å². The number of alkyl halides is 1. The zero-order valence-corrected chi connectivity index (χ0v) is 11.0. The van der Waals surface area contributed by atoms with Gasteiger partial charge in [0.15, 0.2) is 0 Å². The van der Waals surface area contributed by atoms with Gasteiger partial charge in [-0.3, -0.25) is 4.79 Å². The summed E-state index contributed by atoms with van der Waals surface area (Å²) in [6, 6.07) is 0. The number of piperidine rings is 1. The molecule has 2 rings (SSSR count). The first kappa shape index (κ1) is 11.4. The monoisotopic (exact) mass is 273 g/mol. The molecule has 1 saturated heterocycles. The molecule has 2 fully saturated rings. The second kappa shape index (κ2) is 4.86. The lowest BCUT2D eigenvalue weighted by Gasteiger charge is -2.35. The van der Waals surface area contributed by atoms with Crippen molar-refractivity contribution in [2.45, 2.75) is 43.9 Å². The van der Waals surface area contributed by atoms with E-state index in [0.717, 1.165) is 32.4 Å². The molecule has 0 bridgehead atoms. The summed E-state index contributed by atoms with van der Waals surface area (Å²) < 4.78 is 0. The highest BCUT2D eigenvalue weighted by atomic mass is 79.9. The molecule has 1 aliphatic carbocycles. The Hall–Kier alpha value is -0.0500. The molecule has 1 saturated carbocycles. The Morgan fingerprint density at radius 2 is 1.93 bits per heavy atom. The zero-order valence-electron chi connectivity index (χ0n) is 9.42. The van der Waals surface area contributed by atoms with Crippen LogP contribution >= 0.6 is 15.9 Å². The van der Waals surface area contributed by atoms with Crippen molar-refractivity contribution in [2.24, 2.45) is 11.8 Å². The van der Waals surface area contributed by atoms with Gasteiger partial charge in [-0.05, 0) is 25.2 Å². The van der Waals surface area contributed by atoms with Crippen molar-refractivity contribution >= 4 is 21.8 Å². The first-order chi connectivity index (χ1) is 7.18. The second-order valence-electron chi connectivity index (χ2n) is 5.05. The number of carbonyl (C=O) groups excluding carboxylic acids is 1. The first-order valence-electron chi connectivity index (χ1n) is 6.11. The summed E-state index contributed by atoms with van der Waals surface area (Å²) in [6.45, 7) is 4.14. The number of hydrogen-bond donors (Lipinski definition) is 0. The molecule has 86 valence electrons. The van der Waals surface area contributed by atoms with Crippen LogP contribution in [0.1, 0.15) is 39.0 Å². The highest BCUT2D eigenvalue weighted by Gasteiger charge is 2.32. The summed E-state index contributed by atoms with van der Waals surface area (Å²) in [4.78, 5) is 14.7. The fraction of sp³-hybridized carbons (Fsp3) is 0.917. The summed E-state index contributed by atoms with van der Waals surface area (Å²) in [5.41, 5.74) is 0. The van der Waals surface area contributed by atoms with E-state index in [1.807, 2.05) is 0 Å². The molecule has 2 atom stereocenters. The van der Waals surface area contributed by atoms with Crippen LogP contribution in [0, 0.1) is 11.8 Å². The number of carbonyl (C=O) groups is 1. The van der Waals surface area contributed by atoms with Crippen molar-refractivity contribution in [3.05, 3.63) is 0 Å². The topological polar surface area (TPSA) is 20.3 Å². The van der Waals surface area contributed by atoms with Gasteiger partial charge in [-0.1, -0.05) is 35.7 Å². The van der Waals surface area contributed by atoms with Crippen LogP contribution in [-0.4, -0.2) is 28.7 Å². The SMILES string of the molecule is CC1CCN(C(=O)C2CCCC2)CC1Br. The molecule has 15 heavy (non-hydrogen) atoms. The van der Waals surface area contributed by atoms with E-state index >= 15 is 0 Å². The highest BCUT2D eigenvalue weighted by molar-refractivity contribution is 9.09. The molecule has 2 aliphatic rings. The van der Waals surface area contributed by atoms with Gasteiger partial charge in [-0.2, -0.15) is 0 Å². The van der Waals surface area contributed by atoms with Crippen LogP contribution < -0.4 is 0 Å². The Bertz CT molecular complexity index is 238. The molecular formula is C12H20BrNO. The normalized spacial score (nSPS) is 33.3. The van der Waals surface area contributed by atoms with Gasteiger partial charge in [0.2, 0.25) is 5.91 Å². The van der Waals surface area contributed by atoms with Crippen molar-refractivity contribution in [1.29, 1.82) is 0 Å². The summed E-state index contributed by atoms with van der Waals surface area (Å²) in [6.07, 6.45) is 5.89. The molecule has 3 heteroatoms. The van der Waals surface area contributed by atoms with E-state index in [-0.39, 0.29) is 0 Å². The molecule has 1 amide bonds. The fourth-order valence-electron chi connectivity index (χ4n) is 2.65. The first-order valence-corrected chi connectivity index (χ1v) is 7.03. The quantitative estimate of drug-likeness (QED) is 0.673. The molecule has 0 aromatic carbocycles. The van der Waals surface area contributed by atoms with E-state index in [1.165, 1.54) is 12.8 Å². The molecule has 1 heterocycles. The minimum absolute atomic E-state index is 0.345. The van der Waals surface area contributed by atoms with Gasteiger partial charge in [0.05, 0.1) is 0 Å². The van der Waals surface area contributed by atoms with Gasteiger partial charge in [0.25, 0.3) is 0 Å². The average Bonchev–Trinajstić information content (AvgIpc) is 2.74. The number of hydrogen-bond acceptors (Lipinski definition) is 1. The molecule has 1 aliphatic heterocycles. The number of nitrogens with zero attached hydrogens (tertiary/aromatic N) is 1. The predicted molar refractivity (Wildman–Crippen MR) is 65.0 cm³/mol. The van der Waals surface area contributed by atoms with E-state index in [4.69, 9.17) is 0 Å². The number of rotatable bonds is 1. The Morgan fingerprint density at radius 3 is 2.53 bits per heavy atom. The Labute approximate surface area is 101 Å². The molecule has 0 spiro atoms. The summed E-state index contributed by atoms with van der Waals surface area (Å²) in [5.74, 6) is 1.47. The third-order valence-electron chi connectivity index (χ3n) is 3.88. The largest absolute Gasteiger partial charge is 0.341 e. The van der Waals surface area contributed by atoms with Gasteiger partial charge in [-0.25, -0.2) is 0 Å². The third kappa shape index (κ3) is 2.55. The second-order valence-corrected chi connectivity index (χ2v) is 6.22. The Balaban J connectivity index is 1.90. The van der Waals surface area contributed by atoms with Gasteiger partial charge < -0.3 is 4.90 Å². The van der Waals surface area contributed by atoms with Gasteiger partial charge in [-0.15, -0.1) is 0 Å². The maximum Gasteiger partial charge on any atom is 0.225 e. The van der Waals surface area contributed by atoms with E-state index in [0.29, 0.717) is 22.6 Å². The van der Waals surface area contributed by atoms with Crippen LogP contribution in [0.2, 0.25) is 0 Å². The van der Waals surface area contributed by atoms with E-state index in [2.05, 4.69) is 27.8 Å². The molecule has 2 nitrogen and oxygen atoms in total. The van der Waals surface area contributed by atoms with Crippen LogP contribution in [0.3, 0.4) is 0 Å². The lowest BCUT2D eigenvalue weighted by atomic mass is 9.97. The summed E-state index contributed by atoms with van der Waals surface area (Å²) >= 11 is 3.68. The lowest BCUT2D eigenvalue weighted by molar-refractivity contribution is -0.136. The predicted octanol–water partition coefficient (Wildman–Crippen LogP) is 2.81.